The van der Waals surface area contributed by atoms with Crippen LogP contribution in [0.2, 0.25) is 0 Å². The highest BCUT2D eigenvalue weighted by molar-refractivity contribution is 9.10. The lowest BCUT2D eigenvalue weighted by atomic mass is 9.87. The summed E-state index contributed by atoms with van der Waals surface area (Å²) in [6.07, 6.45) is 1.62. The first-order chi connectivity index (χ1) is 13.3. The molecule has 3 aromatic carbocycles. The predicted molar refractivity (Wildman–Crippen MR) is 118 cm³/mol. The number of carbonyl (C=O) groups is 1. The Hall–Kier alpha value is -2.66. The van der Waals surface area contributed by atoms with Crippen LogP contribution in [0.15, 0.2) is 70.2 Å². The molecule has 1 amide bonds. The van der Waals surface area contributed by atoms with Gasteiger partial charge in [-0.05, 0) is 61.4 Å². The van der Waals surface area contributed by atoms with E-state index in [2.05, 4.69) is 53.3 Å². The van der Waals surface area contributed by atoms with E-state index < -0.39 is 0 Å². The number of amides is 1. The van der Waals surface area contributed by atoms with Gasteiger partial charge in [0.1, 0.15) is 5.75 Å². The fraction of sp³-hybridized carbons (Fsp3) is 0.217. The standard InChI is InChI=1S/C23H23BrN2O2/c1-23(2,3)19-10-11-21(20(24)13-19)28-15-22(27)26-25-14-16-8-9-17-6-4-5-7-18(17)12-16/h4-14H,15H2,1-3H3,(H,26,27)/b25-14-. The number of fused-ring (bicyclic) bond motifs is 1. The van der Waals surface area contributed by atoms with Gasteiger partial charge in [-0.1, -0.05) is 63.2 Å². The molecule has 0 unspecified atom stereocenters. The minimum Gasteiger partial charge on any atom is -0.483 e. The molecule has 0 aliphatic rings. The van der Waals surface area contributed by atoms with Crippen molar-refractivity contribution >= 4 is 38.8 Å². The van der Waals surface area contributed by atoms with Crippen LogP contribution in [-0.2, 0) is 10.2 Å². The third-order valence-electron chi connectivity index (χ3n) is 4.33. The topological polar surface area (TPSA) is 50.7 Å². The first kappa shape index (κ1) is 20.1. The van der Waals surface area contributed by atoms with E-state index in [1.807, 2.05) is 54.6 Å². The van der Waals surface area contributed by atoms with Crippen molar-refractivity contribution in [1.29, 1.82) is 0 Å². The molecule has 0 saturated carbocycles. The second-order valence-electron chi connectivity index (χ2n) is 7.58. The first-order valence-electron chi connectivity index (χ1n) is 9.06. The smallest absolute Gasteiger partial charge is 0.277 e. The van der Waals surface area contributed by atoms with E-state index in [4.69, 9.17) is 4.74 Å². The van der Waals surface area contributed by atoms with Crippen LogP contribution in [0.3, 0.4) is 0 Å². The van der Waals surface area contributed by atoms with Crippen LogP contribution in [0.4, 0.5) is 0 Å². The van der Waals surface area contributed by atoms with Gasteiger partial charge >= 0.3 is 0 Å². The van der Waals surface area contributed by atoms with Gasteiger partial charge in [0, 0.05) is 0 Å². The van der Waals surface area contributed by atoms with Crippen molar-refractivity contribution in [1.82, 2.24) is 5.43 Å². The SMILES string of the molecule is CC(C)(C)c1ccc(OCC(=O)N/N=C\c2ccc3ccccc3c2)c(Br)c1. The number of nitrogens with zero attached hydrogens (tertiary/aromatic N) is 1. The van der Waals surface area contributed by atoms with Crippen LogP contribution >= 0.6 is 15.9 Å². The molecule has 0 radical (unpaired) electrons. The maximum Gasteiger partial charge on any atom is 0.277 e. The van der Waals surface area contributed by atoms with Crippen molar-refractivity contribution < 1.29 is 9.53 Å². The molecule has 3 rings (SSSR count). The van der Waals surface area contributed by atoms with E-state index in [1.165, 1.54) is 10.9 Å². The second kappa shape index (κ2) is 8.57. The Kier molecular flexibility index (Phi) is 6.15. The van der Waals surface area contributed by atoms with E-state index in [9.17, 15) is 4.79 Å². The van der Waals surface area contributed by atoms with Crippen LogP contribution in [0.25, 0.3) is 10.8 Å². The predicted octanol–water partition coefficient (Wildman–Crippen LogP) is 5.43. The van der Waals surface area contributed by atoms with Gasteiger partial charge in [-0.15, -0.1) is 0 Å². The third kappa shape index (κ3) is 5.20. The van der Waals surface area contributed by atoms with Crippen LogP contribution in [0, 0.1) is 0 Å². The maximum atomic E-state index is 12.0. The lowest BCUT2D eigenvalue weighted by molar-refractivity contribution is -0.123. The normalized spacial score (nSPS) is 11.7. The Bertz CT molecular complexity index is 1020. The van der Waals surface area contributed by atoms with Crippen LogP contribution < -0.4 is 10.2 Å². The van der Waals surface area contributed by atoms with Gasteiger partial charge < -0.3 is 4.74 Å². The van der Waals surface area contributed by atoms with E-state index in [0.717, 1.165) is 15.4 Å². The van der Waals surface area contributed by atoms with Crippen molar-refractivity contribution in [2.75, 3.05) is 6.61 Å². The molecule has 0 aliphatic heterocycles. The van der Waals surface area contributed by atoms with Crippen molar-refractivity contribution in [3.05, 3.63) is 76.3 Å². The highest BCUT2D eigenvalue weighted by Crippen LogP contribution is 2.31. The Balaban J connectivity index is 1.54. The number of hydrogen-bond acceptors (Lipinski definition) is 3. The van der Waals surface area contributed by atoms with E-state index >= 15 is 0 Å². The van der Waals surface area contributed by atoms with Crippen molar-refractivity contribution in [3.8, 4) is 5.75 Å². The molecule has 0 fully saturated rings. The maximum absolute atomic E-state index is 12.0. The summed E-state index contributed by atoms with van der Waals surface area (Å²) in [6, 6.07) is 20.0. The fourth-order valence-electron chi connectivity index (χ4n) is 2.73. The molecule has 144 valence electrons. The number of hydrazone groups is 1. The van der Waals surface area contributed by atoms with Crippen LogP contribution in [0.5, 0.6) is 5.75 Å². The molecule has 0 spiro atoms. The zero-order valence-electron chi connectivity index (χ0n) is 16.2. The third-order valence-corrected chi connectivity index (χ3v) is 4.95. The Morgan fingerprint density at radius 1 is 1.07 bits per heavy atom. The van der Waals surface area contributed by atoms with Gasteiger partial charge in [-0.25, -0.2) is 5.43 Å². The summed E-state index contributed by atoms with van der Waals surface area (Å²) in [5.41, 5.74) is 4.65. The van der Waals surface area contributed by atoms with Gasteiger partial charge in [0.2, 0.25) is 0 Å². The highest BCUT2D eigenvalue weighted by Gasteiger charge is 2.15. The average molecular weight is 439 g/mol. The molecule has 3 aromatic rings. The number of ether oxygens (including phenoxy) is 1. The minimum absolute atomic E-state index is 0.0515. The molecule has 28 heavy (non-hydrogen) atoms. The van der Waals surface area contributed by atoms with Crippen molar-refractivity contribution in [2.45, 2.75) is 26.2 Å². The molecule has 1 N–H and O–H groups in total. The average Bonchev–Trinajstić information content (AvgIpc) is 2.66. The summed E-state index contributed by atoms with van der Waals surface area (Å²) < 4.78 is 6.42. The molecule has 0 saturated heterocycles. The second-order valence-corrected chi connectivity index (χ2v) is 8.44. The van der Waals surface area contributed by atoms with E-state index in [0.29, 0.717) is 5.75 Å². The van der Waals surface area contributed by atoms with Crippen molar-refractivity contribution in [3.63, 3.8) is 0 Å². The van der Waals surface area contributed by atoms with Crippen LogP contribution in [0.1, 0.15) is 31.9 Å². The highest BCUT2D eigenvalue weighted by atomic mass is 79.9. The Morgan fingerprint density at radius 2 is 1.82 bits per heavy atom. The van der Waals surface area contributed by atoms with Gasteiger partial charge in [-0.3, -0.25) is 4.79 Å². The van der Waals surface area contributed by atoms with Gasteiger partial charge in [0.05, 0.1) is 10.7 Å². The summed E-state index contributed by atoms with van der Waals surface area (Å²) in [6.45, 7) is 6.34. The summed E-state index contributed by atoms with van der Waals surface area (Å²) >= 11 is 3.51. The molecule has 0 aliphatic carbocycles. The fourth-order valence-corrected chi connectivity index (χ4v) is 3.22. The number of benzene rings is 3. The van der Waals surface area contributed by atoms with Crippen molar-refractivity contribution in [2.24, 2.45) is 5.10 Å². The number of halogens is 1. The monoisotopic (exact) mass is 438 g/mol. The summed E-state index contributed by atoms with van der Waals surface area (Å²) in [5, 5.41) is 6.31. The molecule has 0 atom stereocenters. The molecule has 4 nitrogen and oxygen atoms in total. The molecular formula is C23H23BrN2O2. The summed E-state index contributed by atoms with van der Waals surface area (Å²) in [4.78, 5) is 12.0. The first-order valence-corrected chi connectivity index (χ1v) is 9.86. The van der Waals surface area contributed by atoms with E-state index in [-0.39, 0.29) is 17.9 Å². The molecule has 5 heteroatoms. The van der Waals surface area contributed by atoms with Crippen LogP contribution in [-0.4, -0.2) is 18.7 Å². The molecular weight excluding hydrogens is 416 g/mol. The van der Waals surface area contributed by atoms with Gasteiger partial charge in [0.25, 0.3) is 5.91 Å². The number of nitrogens with one attached hydrogen (secondary N) is 1. The zero-order valence-corrected chi connectivity index (χ0v) is 17.8. The Morgan fingerprint density at radius 3 is 2.54 bits per heavy atom. The Labute approximate surface area is 173 Å². The largest absolute Gasteiger partial charge is 0.483 e. The lowest BCUT2D eigenvalue weighted by Crippen LogP contribution is -2.24. The van der Waals surface area contributed by atoms with Gasteiger partial charge in [0.15, 0.2) is 6.61 Å². The van der Waals surface area contributed by atoms with E-state index in [1.54, 1.807) is 6.21 Å². The number of rotatable bonds is 5. The minimum atomic E-state index is -0.316. The molecule has 0 heterocycles. The molecule has 0 aromatic heterocycles. The lowest BCUT2D eigenvalue weighted by Gasteiger charge is -2.20. The summed E-state index contributed by atoms with van der Waals surface area (Å²) in [5.74, 6) is 0.311. The summed E-state index contributed by atoms with van der Waals surface area (Å²) in [7, 11) is 0. The number of carbonyl (C=O) groups excluding carboxylic acids is 1. The zero-order chi connectivity index (χ0) is 20.1. The number of hydrogen-bond donors (Lipinski definition) is 1. The molecule has 0 bridgehead atoms. The quantitative estimate of drug-likeness (QED) is 0.426. The van der Waals surface area contributed by atoms with Gasteiger partial charge in [-0.2, -0.15) is 5.10 Å².